The molecule has 1 aliphatic heterocycles. The number of amides is 1. The van der Waals surface area contributed by atoms with E-state index in [0.29, 0.717) is 12.1 Å². The first-order valence-electron chi connectivity index (χ1n) is 10.4. The molecule has 1 saturated carbocycles. The fourth-order valence-corrected chi connectivity index (χ4v) is 5.70. The monoisotopic (exact) mass is 376 g/mol. The zero-order chi connectivity index (χ0) is 17.9. The molecule has 0 aromatic carbocycles. The van der Waals surface area contributed by atoms with Crippen LogP contribution in [0.5, 0.6) is 0 Å². The van der Waals surface area contributed by atoms with Crippen LogP contribution in [-0.2, 0) is 19.9 Å². The highest BCUT2D eigenvalue weighted by atomic mass is 32.2. The second kappa shape index (κ2) is 8.34. The van der Waals surface area contributed by atoms with E-state index in [2.05, 4.69) is 10.4 Å². The first-order chi connectivity index (χ1) is 12.7. The molecule has 1 amide bonds. The predicted octanol–water partition coefficient (Wildman–Crippen LogP) is 2.78. The van der Waals surface area contributed by atoms with E-state index in [1.165, 1.54) is 49.8 Å². The van der Waals surface area contributed by atoms with Crippen molar-refractivity contribution in [1.29, 1.82) is 0 Å². The molecule has 1 N–H and O–H groups in total. The normalized spacial score (nSPS) is 25.0. The van der Waals surface area contributed by atoms with Gasteiger partial charge in [-0.25, -0.2) is 0 Å². The van der Waals surface area contributed by atoms with Crippen LogP contribution in [0.1, 0.15) is 66.7 Å². The number of hydrogen-bond donors (Lipinski definition) is 1. The maximum absolute atomic E-state index is 13.0. The minimum absolute atomic E-state index is 0.150. The van der Waals surface area contributed by atoms with Gasteiger partial charge in [0.15, 0.2) is 5.69 Å². The Morgan fingerprint density at radius 3 is 2.54 bits per heavy atom. The van der Waals surface area contributed by atoms with Crippen LogP contribution in [0.25, 0.3) is 0 Å². The molecule has 0 radical (unpaired) electrons. The number of carbonyl (C=O) groups excluding carboxylic acids is 1. The molecule has 5 nitrogen and oxygen atoms in total. The number of rotatable bonds is 3. The predicted molar refractivity (Wildman–Crippen MR) is 107 cm³/mol. The van der Waals surface area contributed by atoms with Crippen molar-refractivity contribution in [3.05, 3.63) is 17.0 Å². The van der Waals surface area contributed by atoms with Gasteiger partial charge in [-0.05, 0) is 32.1 Å². The molecular weight excluding hydrogens is 344 g/mol. The van der Waals surface area contributed by atoms with Crippen molar-refractivity contribution < 1.29 is 4.79 Å². The van der Waals surface area contributed by atoms with Crippen LogP contribution >= 0.6 is 11.8 Å². The van der Waals surface area contributed by atoms with E-state index in [9.17, 15) is 4.79 Å². The van der Waals surface area contributed by atoms with Gasteiger partial charge >= 0.3 is 0 Å². The Balaban J connectivity index is 1.47. The molecule has 144 valence electrons. The van der Waals surface area contributed by atoms with Crippen molar-refractivity contribution in [2.24, 2.45) is 7.05 Å². The van der Waals surface area contributed by atoms with Gasteiger partial charge in [-0.2, -0.15) is 16.9 Å². The Labute approximate surface area is 161 Å². The maximum Gasteiger partial charge on any atom is 0.274 e. The average molecular weight is 377 g/mol. The van der Waals surface area contributed by atoms with Gasteiger partial charge in [0.25, 0.3) is 5.91 Å². The molecule has 3 aliphatic rings. The molecule has 4 rings (SSSR count). The van der Waals surface area contributed by atoms with Crippen molar-refractivity contribution in [3.8, 4) is 0 Å². The number of thioether (sulfide) groups is 1. The summed E-state index contributed by atoms with van der Waals surface area (Å²) < 4.78 is 1.96. The van der Waals surface area contributed by atoms with Crippen LogP contribution in [0.3, 0.4) is 0 Å². The lowest BCUT2D eigenvalue weighted by Gasteiger charge is -2.29. The van der Waals surface area contributed by atoms with Crippen LogP contribution in [0.2, 0.25) is 0 Å². The third kappa shape index (κ3) is 3.96. The van der Waals surface area contributed by atoms with E-state index in [4.69, 9.17) is 0 Å². The zero-order valence-corrected chi connectivity index (χ0v) is 16.8. The first-order valence-corrected chi connectivity index (χ1v) is 11.6. The Kier molecular flexibility index (Phi) is 5.89. The molecule has 0 spiro atoms. The average Bonchev–Trinajstić information content (AvgIpc) is 2.84. The number of nitrogens with one attached hydrogen (secondary N) is 1. The van der Waals surface area contributed by atoms with Gasteiger partial charge in [0.1, 0.15) is 0 Å². The molecule has 1 atom stereocenters. The second-order valence-electron chi connectivity index (χ2n) is 8.10. The summed E-state index contributed by atoms with van der Waals surface area (Å²) in [6.45, 7) is 1.72. The molecule has 1 saturated heterocycles. The van der Waals surface area contributed by atoms with Crippen molar-refractivity contribution in [2.45, 2.75) is 69.9 Å². The smallest absolute Gasteiger partial charge is 0.274 e. The molecule has 2 aliphatic carbocycles. The number of hydrogen-bond acceptors (Lipinski definition) is 4. The Bertz CT molecular complexity index is 630. The minimum Gasteiger partial charge on any atom is -0.336 e. The van der Waals surface area contributed by atoms with Gasteiger partial charge in [-0.15, -0.1) is 0 Å². The highest BCUT2D eigenvalue weighted by molar-refractivity contribution is 7.99. The molecule has 1 aromatic heterocycles. The van der Waals surface area contributed by atoms with Crippen LogP contribution in [0.4, 0.5) is 0 Å². The first kappa shape index (κ1) is 18.4. The standard InChI is InChI=1S/C20H32N4OS/c1-23-18-9-8-16(21-15-6-4-2-3-5-7-15)14-17(18)19(22-23)20(25)24-10-12-26-13-11-24/h15-16,21H,2-14H2,1H3. The largest absolute Gasteiger partial charge is 0.336 e. The van der Waals surface area contributed by atoms with Gasteiger partial charge in [0.05, 0.1) is 0 Å². The van der Waals surface area contributed by atoms with Gasteiger partial charge < -0.3 is 10.2 Å². The summed E-state index contributed by atoms with van der Waals surface area (Å²) in [5.41, 5.74) is 3.22. The summed E-state index contributed by atoms with van der Waals surface area (Å²) in [5, 5.41) is 8.58. The fraction of sp³-hybridized carbons (Fsp3) is 0.800. The van der Waals surface area contributed by atoms with E-state index in [-0.39, 0.29) is 5.91 Å². The van der Waals surface area contributed by atoms with E-state index in [1.54, 1.807) is 0 Å². The van der Waals surface area contributed by atoms with Crippen molar-refractivity contribution in [1.82, 2.24) is 20.0 Å². The van der Waals surface area contributed by atoms with Gasteiger partial charge in [-0.3, -0.25) is 9.48 Å². The van der Waals surface area contributed by atoms with Gasteiger partial charge in [0, 0.05) is 55.0 Å². The summed E-state index contributed by atoms with van der Waals surface area (Å²) in [4.78, 5) is 15.0. The molecule has 26 heavy (non-hydrogen) atoms. The van der Waals surface area contributed by atoms with E-state index < -0.39 is 0 Å². The third-order valence-electron chi connectivity index (χ3n) is 6.28. The third-order valence-corrected chi connectivity index (χ3v) is 7.22. The number of nitrogens with zero attached hydrogens (tertiary/aromatic N) is 3. The molecule has 2 fully saturated rings. The highest BCUT2D eigenvalue weighted by Crippen LogP contribution is 2.27. The van der Waals surface area contributed by atoms with Gasteiger partial charge in [0.2, 0.25) is 0 Å². The van der Waals surface area contributed by atoms with Crippen LogP contribution in [-0.4, -0.2) is 57.3 Å². The molecule has 2 heterocycles. The minimum atomic E-state index is 0.150. The summed E-state index contributed by atoms with van der Waals surface area (Å²) in [6.07, 6.45) is 11.3. The lowest BCUT2D eigenvalue weighted by atomic mass is 9.90. The molecule has 1 aromatic rings. The van der Waals surface area contributed by atoms with Crippen molar-refractivity contribution in [3.63, 3.8) is 0 Å². The number of fused-ring (bicyclic) bond motifs is 1. The van der Waals surface area contributed by atoms with E-state index in [0.717, 1.165) is 49.6 Å². The van der Waals surface area contributed by atoms with Gasteiger partial charge in [-0.1, -0.05) is 25.7 Å². The quantitative estimate of drug-likeness (QED) is 0.824. The summed E-state index contributed by atoms with van der Waals surface area (Å²) >= 11 is 1.94. The Morgan fingerprint density at radius 1 is 1.08 bits per heavy atom. The van der Waals surface area contributed by atoms with E-state index in [1.807, 2.05) is 28.4 Å². The summed E-state index contributed by atoms with van der Waals surface area (Å²) in [7, 11) is 2.00. The van der Waals surface area contributed by atoms with Crippen LogP contribution in [0.15, 0.2) is 0 Å². The molecule has 0 bridgehead atoms. The van der Waals surface area contributed by atoms with Crippen LogP contribution < -0.4 is 5.32 Å². The molecule has 1 unspecified atom stereocenters. The van der Waals surface area contributed by atoms with Crippen LogP contribution in [0, 0.1) is 0 Å². The summed E-state index contributed by atoms with van der Waals surface area (Å²) in [6, 6.07) is 1.16. The molecule has 6 heteroatoms. The topological polar surface area (TPSA) is 50.2 Å². The fourth-order valence-electron chi connectivity index (χ4n) is 4.80. The molecular formula is C20H32N4OS. The number of aryl methyl sites for hydroxylation is 1. The zero-order valence-electron chi connectivity index (χ0n) is 16.0. The lowest BCUT2D eigenvalue weighted by Crippen LogP contribution is -2.42. The second-order valence-corrected chi connectivity index (χ2v) is 9.32. The number of aromatic nitrogens is 2. The van der Waals surface area contributed by atoms with E-state index >= 15 is 0 Å². The maximum atomic E-state index is 13.0. The SMILES string of the molecule is Cn1nc(C(=O)N2CCSCC2)c2c1CCC(NC1CCCCCC1)C2. The highest BCUT2D eigenvalue weighted by Gasteiger charge is 2.31. The number of carbonyl (C=O) groups is 1. The summed E-state index contributed by atoms with van der Waals surface area (Å²) in [5.74, 6) is 2.25. The van der Waals surface area contributed by atoms with Crippen molar-refractivity contribution in [2.75, 3.05) is 24.6 Å². The Hall–Kier alpha value is -1.01. The lowest BCUT2D eigenvalue weighted by molar-refractivity contribution is 0.0764. The van der Waals surface area contributed by atoms with Crippen molar-refractivity contribution >= 4 is 17.7 Å². The Morgan fingerprint density at radius 2 is 1.81 bits per heavy atom.